The van der Waals surface area contributed by atoms with E-state index in [2.05, 4.69) is 56.1 Å². The number of nitrogens with zero attached hydrogens (tertiary/aromatic N) is 2. The summed E-state index contributed by atoms with van der Waals surface area (Å²) in [6, 6.07) is 14.9. The number of benzene rings is 2. The lowest BCUT2D eigenvalue weighted by Gasteiger charge is -2.33. The summed E-state index contributed by atoms with van der Waals surface area (Å²) < 4.78 is 0. The van der Waals surface area contributed by atoms with E-state index in [9.17, 15) is 4.79 Å². The fourth-order valence-electron chi connectivity index (χ4n) is 3.78. The number of aromatic amines is 1. The molecule has 7 nitrogen and oxygen atoms in total. The fraction of sp³-hybridized carbons (Fsp3) is 0.333. The van der Waals surface area contributed by atoms with Crippen molar-refractivity contribution < 1.29 is 9.90 Å². The van der Waals surface area contributed by atoms with Crippen LogP contribution < -0.4 is 10.6 Å². The van der Waals surface area contributed by atoms with Crippen LogP contribution in [0.3, 0.4) is 0 Å². The molecule has 0 bridgehead atoms. The Morgan fingerprint density at radius 2 is 2.04 bits per heavy atom. The number of rotatable bonds is 6. The van der Waals surface area contributed by atoms with E-state index in [1.165, 1.54) is 18.4 Å². The van der Waals surface area contributed by atoms with Gasteiger partial charge < -0.3 is 15.7 Å². The van der Waals surface area contributed by atoms with E-state index in [1.807, 2.05) is 18.3 Å². The van der Waals surface area contributed by atoms with Crippen molar-refractivity contribution in [2.75, 3.05) is 18.4 Å². The number of H-pyrrole nitrogens is 1. The molecule has 1 aliphatic heterocycles. The van der Waals surface area contributed by atoms with Gasteiger partial charge in [-0.15, -0.1) is 0 Å². The molecule has 1 aromatic heterocycles. The molecule has 1 atom stereocenters. The summed E-state index contributed by atoms with van der Waals surface area (Å²) >= 11 is 0. The van der Waals surface area contributed by atoms with E-state index in [0.29, 0.717) is 12.6 Å². The van der Waals surface area contributed by atoms with E-state index in [0.717, 1.165) is 41.8 Å². The number of hydrogen-bond donors (Lipinski definition) is 4. The molecule has 4 rings (SSSR count). The van der Waals surface area contributed by atoms with Crippen molar-refractivity contribution in [1.82, 2.24) is 20.4 Å². The maximum atomic E-state index is 10.6. The predicted octanol–water partition coefficient (Wildman–Crippen LogP) is 3.41. The van der Waals surface area contributed by atoms with Crippen LogP contribution in [-0.2, 0) is 13.1 Å². The van der Waals surface area contributed by atoms with E-state index < -0.39 is 6.09 Å². The molecule has 1 amide bonds. The molecule has 0 aliphatic carbocycles. The molecule has 0 spiro atoms. The van der Waals surface area contributed by atoms with Crippen molar-refractivity contribution in [3.8, 4) is 0 Å². The van der Waals surface area contributed by atoms with Crippen LogP contribution in [0.25, 0.3) is 10.9 Å². The van der Waals surface area contributed by atoms with Crippen LogP contribution in [0.2, 0.25) is 0 Å². The number of fused-ring (bicyclic) bond motifs is 1. The molecular weight excluding hydrogens is 354 g/mol. The number of aromatic nitrogens is 2. The summed E-state index contributed by atoms with van der Waals surface area (Å²) in [6.45, 7) is 3.35. The highest BCUT2D eigenvalue weighted by molar-refractivity contribution is 5.81. The molecule has 4 N–H and O–H groups in total. The number of likely N-dealkylation sites (tertiary alicyclic amines) is 1. The van der Waals surface area contributed by atoms with Crippen LogP contribution in [0.5, 0.6) is 0 Å². The topological polar surface area (TPSA) is 93.3 Å². The third-order valence-corrected chi connectivity index (χ3v) is 5.19. The monoisotopic (exact) mass is 379 g/mol. The minimum atomic E-state index is -0.997. The Labute approximate surface area is 163 Å². The summed E-state index contributed by atoms with van der Waals surface area (Å²) in [5.41, 5.74) is 4.41. The lowest BCUT2D eigenvalue weighted by Crippen LogP contribution is -2.41. The normalized spacial score (nSPS) is 17.5. The minimum absolute atomic E-state index is 0.340. The summed E-state index contributed by atoms with van der Waals surface area (Å²) in [5.74, 6) is 0. The molecule has 28 heavy (non-hydrogen) atoms. The molecule has 2 heterocycles. The van der Waals surface area contributed by atoms with E-state index in [1.54, 1.807) is 0 Å². The smallest absolute Gasteiger partial charge is 0.404 e. The van der Waals surface area contributed by atoms with Gasteiger partial charge >= 0.3 is 6.09 Å². The molecule has 1 saturated heterocycles. The molecule has 2 aromatic carbocycles. The molecule has 0 radical (unpaired) electrons. The van der Waals surface area contributed by atoms with Crippen molar-refractivity contribution in [2.24, 2.45) is 0 Å². The first kappa shape index (κ1) is 18.3. The first-order valence-corrected chi connectivity index (χ1v) is 9.62. The maximum Gasteiger partial charge on any atom is 0.404 e. The van der Waals surface area contributed by atoms with E-state index in [-0.39, 0.29) is 0 Å². The summed E-state index contributed by atoms with van der Waals surface area (Å²) in [7, 11) is 0. The summed E-state index contributed by atoms with van der Waals surface area (Å²) in [5, 5.41) is 22.9. The number of carboxylic acid groups (broad SMARTS) is 1. The lowest BCUT2D eigenvalue weighted by molar-refractivity contribution is 0.194. The second kappa shape index (κ2) is 8.31. The zero-order valence-electron chi connectivity index (χ0n) is 15.7. The number of anilines is 1. The molecule has 1 unspecified atom stereocenters. The van der Waals surface area contributed by atoms with Gasteiger partial charge in [0.2, 0.25) is 0 Å². The zero-order chi connectivity index (χ0) is 19.3. The highest BCUT2D eigenvalue weighted by atomic mass is 16.4. The highest BCUT2D eigenvalue weighted by Crippen LogP contribution is 2.21. The van der Waals surface area contributed by atoms with Crippen molar-refractivity contribution in [3.63, 3.8) is 0 Å². The Kier molecular flexibility index (Phi) is 5.43. The Morgan fingerprint density at radius 3 is 2.86 bits per heavy atom. The SMILES string of the molecule is O=C(O)NCc1ccc(CN2CCCC(Nc3ccc4[nH]ncc4c3)C2)cc1. The number of amides is 1. The Balaban J connectivity index is 1.32. The Hall–Kier alpha value is -3.06. The van der Waals surface area contributed by atoms with Crippen molar-refractivity contribution >= 4 is 22.7 Å². The first-order valence-electron chi connectivity index (χ1n) is 9.62. The van der Waals surface area contributed by atoms with Gasteiger partial charge in [0.15, 0.2) is 0 Å². The molecule has 3 aromatic rings. The molecule has 0 saturated carbocycles. The highest BCUT2D eigenvalue weighted by Gasteiger charge is 2.20. The standard InChI is InChI=1S/C21H25N5O2/c27-21(28)22-11-15-3-5-16(6-4-15)13-26-9-1-2-19(14-26)24-18-7-8-20-17(10-18)12-23-25-20/h3-8,10,12,19,22,24H,1-2,9,11,13-14H2,(H,23,25)(H,27,28). The number of piperidine rings is 1. The first-order chi connectivity index (χ1) is 13.7. The van der Waals surface area contributed by atoms with Gasteiger partial charge in [-0.3, -0.25) is 10.00 Å². The fourth-order valence-corrected chi connectivity index (χ4v) is 3.78. The van der Waals surface area contributed by atoms with Gasteiger partial charge in [-0.1, -0.05) is 24.3 Å². The average Bonchev–Trinajstić information content (AvgIpc) is 3.15. The Morgan fingerprint density at radius 1 is 1.21 bits per heavy atom. The van der Waals surface area contributed by atoms with Crippen LogP contribution in [0.1, 0.15) is 24.0 Å². The summed E-state index contributed by atoms with van der Waals surface area (Å²) in [6.07, 6.45) is 3.19. The van der Waals surface area contributed by atoms with Gasteiger partial charge in [0.1, 0.15) is 0 Å². The van der Waals surface area contributed by atoms with Gasteiger partial charge in [-0.05, 0) is 48.7 Å². The maximum absolute atomic E-state index is 10.6. The third kappa shape index (κ3) is 4.61. The molecule has 1 fully saturated rings. The van der Waals surface area contributed by atoms with Crippen molar-refractivity contribution in [1.29, 1.82) is 0 Å². The molecule has 1 aliphatic rings. The van der Waals surface area contributed by atoms with Crippen LogP contribution >= 0.6 is 0 Å². The number of nitrogens with one attached hydrogen (secondary N) is 3. The molecular formula is C21H25N5O2. The van der Waals surface area contributed by atoms with Crippen molar-refractivity contribution in [2.45, 2.75) is 32.0 Å². The van der Waals surface area contributed by atoms with Crippen LogP contribution in [0.15, 0.2) is 48.7 Å². The zero-order valence-corrected chi connectivity index (χ0v) is 15.7. The quantitative estimate of drug-likeness (QED) is 0.527. The van der Waals surface area contributed by atoms with Gasteiger partial charge in [0.05, 0.1) is 11.7 Å². The van der Waals surface area contributed by atoms with Gasteiger partial charge in [-0.2, -0.15) is 5.10 Å². The van der Waals surface area contributed by atoms with Crippen LogP contribution in [0.4, 0.5) is 10.5 Å². The minimum Gasteiger partial charge on any atom is -0.465 e. The lowest BCUT2D eigenvalue weighted by atomic mass is 10.0. The molecule has 7 heteroatoms. The largest absolute Gasteiger partial charge is 0.465 e. The van der Waals surface area contributed by atoms with E-state index in [4.69, 9.17) is 5.11 Å². The van der Waals surface area contributed by atoms with Gasteiger partial charge in [-0.25, -0.2) is 4.79 Å². The van der Waals surface area contributed by atoms with Crippen LogP contribution in [0, 0.1) is 0 Å². The molecule has 146 valence electrons. The average molecular weight is 379 g/mol. The predicted molar refractivity (Wildman–Crippen MR) is 109 cm³/mol. The second-order valence-corrected chi connectivity index (χ2v) is 7.37. The Bertz CT molecular complexity index is 937. The third-order valence-electron chi connectivity index (χ3n) is 5.19. The van der Waals surface area contributed by atoms with E-state index >= 15 is 0 Å². The van der Waals surface area contributed by atoms with Crippen LogP contribution in [-0.4, -0.2) is 45.4 Å². The van der Waals surface area contributed by atoms with Gasteiger partial charge in [0, 0.05) is 36.7 Å². The van der Waals surface area contributed by atoms with Crippen molar-refractivity contribution in [3.05, 3.63) is 59.8 Å². The number of carbonyl (C=O) groups is 1. The second-order valence-electron chi connectivity index (χ2n) is 7.37. The number of hydrogen-bond acceptors (Lipinski definition) is 4. The summed E-state index contributed by atoms with van der Waals surface area (Å²) in [4.78, 5) is 13.1. The van der Waals surface area contributed by atoms with Gasteiger partial charge in [0.25, 0.3) is 0 Å².